The molecule has 2 aromatic rings. The summed E-state index contributed by atoms with van der Waals surface area (Å²) in [7, 11) is 0. The molecule has 6 heteroatoms. The molecule has 0 spiro atoms. The van der Waals surface area contributed by atoms with E-state index in [0.717, 1.165) is 5.69 Å². The van der Waals surface area contributed by atoms with Gasteiger partial charge in [-0.05, 0) is 19.1 Å². The van der Waals surface area contributed by atoms with Crippen molar-refractivity contribution < 1.29 is 4.39 Å². The van der Waals surface area contributed by atoms with Crippen molar-refractivity contribution in [2.75, 3.05) is 0 Å². The maximum Gasteiger partial charge on any atom is 0.131 e. The Kier molecular flexibility index (Phi) is 3.24. The number of halogens is 1. The highest BCUT2D eigenvalue weighted by atomic mass is 19.1. The summed E-state index contributed by atoms with van der Waals surface area (Å²) >= 11 is 0. The Labute approximate surface area is 97.6 Å². The van der Waals surface area contributed by atoms with Crippen LogP contribution in [-0.4, -0.2) is 10.2 Å². The van der Waals surface area contributed by atoms with Gasteiger partial charge in [-0.2, -0.15) is 10.2 Å². The number of azo groups is 1. The summed E-state index contributed by atoms with van der Waals surface area (Å²) in [5.41, 5.74) is 8.00. The van der Waals surface area contributed by atoms with Gasteiger partial charge in [0, 0.05) is 12.6 Å². The second-order valence-electron chi connectivity index (χ2n) is 3.53. The van der Waals surface area contributed by atoms with Gasteiger partial charge in [-0.15, -0.1) is 5.11 Å². The average Bonchev–Trinajstić information content (AvgIpc) is 2.67. The number of nitrogens with zero attached hydrogens (tertiary/aromatic N) is 3. The molecule has 0 fully saturated rings. The van der Waals surface area contributed by atoms with Crippen LogP contribution in [0.1, 0.15) is 11.4 Å². The van der Waals surface area contributed by atoms with E-state index in [0.29, 0.717) is 17.1 Å². The Morgan fingerprint density at radius 2 is 2.24 bits per heavy atom. The lowest BCUT2D eigenvalue weighted by Gasteiger charge is -1.94. The highest BCUT2D eigenvalue weighted by Gasteiger charge is 2.07. The van der Waals surface area contributed by atoms with Crippen molar-refractivity contribution in [3.05, 3.63) is 41.5 Å². The van der Waals surface area contributed by atoms with E-state index in [1.54, 1.807) is 12.1 Å². The second kappa shape index (κ2) is 4.84. The van der Waals surface area contributed by atoms with E-state index in [-0.39, 0.29) is 12.4 Å². The van der Waals surface area contributed by atoms with Gasteiger partial charge in [-0.1, -0.05) is 6.07 Å². The summed E-state index contributed by atoms with van der Waals surface area (Å²) in [4.78, 5) is 0. The van der Waals surface area contributed by atoms with Gasteiger partial charge in [-0.25, -0.2) is 4.39 Å². The monoisotopic (exact) mass is 233 g/mol. The van der Waals surface area contributed by atoms with Crippen molar-refractivity contribution >= 4 is 11.4 Å². The lowest BCUT2D eigenvalue weighted by molar-refractivity contribution is 0.628. The SMILES string of the molecule is Cc1[nH]nc(CN)c1N=Nc1cccc(F)c1. The second-order valence-corrected chi connectivity index (χ2v) is 3.53. The van der Waals surface area contributed by atoms with E-state index in [1.165, 1.54) is 12.1 Å². The maximum absolute atomic E-state index is 12.9. The molecular formula is C11H12FN5. The first-order valence-corrected chi connectivity index (χ1v) is 5.12. The molecule has 5 nitrogen and oxygen atoms in total. The van der Waals surface area contributed by atoms with Gasteiger partial charge in [0.05, 0.1) is 11.4 Å². The Balaban J connectivity index is 2.28. The molecule has 88 valence electrons. The largest absolute Gasteiger partial charge is 0.325 e. The normalized spacial score (nSPS) is 11.2. The summed E-state index contributed by atoms with van der Waals surface area (Å²) in [5, 5.41) is 14.7. The third-order valence-corrected chi connectivity index (χ3v) is 2.25. The summed E-state index contributed by atoms with van der Waals surface area (Å²) in [6.45, 7) is 2.11. The van der Waals surface area contributed by atoms with Gasteiger partial charge < -0.3 is 5.73 Å². The van der Waals surface area contributed by atoms with Gasteiger partial charge in [0.25, 0.3) is 0 Å². The predicted octanol–water partition coefficient (Wildman–Crippen LogP) is 2.73. The molecule has 0 saturated heterocycles. The third kappa shape index (κ3) is 2.54. The number of hydrogen-bond donors (Lipinski definition) is 2. The Bertz CT molecular complexity index is 547. The Morgan fingerprint density at radius 3 is 2.94 bits per heavy atom. The van der Waals surface area contributed by atoms with E-state index in [2.05, 4.69) is 20.4 Å². The minimum absolute atomic E-state index is 0.280. The molecule has 1 heterocycles. The molecule has 0 aliphatic rings. The minimum Gasteiger partial charge on any atom is -0.325 e. The molecule has 0 bridgehead atoms. The van der Waals surface area contributed by atoms with Crippen molar-refractivity contribution in [1.29, 1.82) is 0 Å². The fourth-order valence-electron chi connectivity index (χ4n) is 1.39. The van der Waals surface area contributed by atoms with E-state index in [9.17, 15) is 4.39 Å². The topological polar surface area (TPSA) is 79.4 Å². The first-order valence-electron chi connectivity index (χ1n) is 5.12. The van der Waals surface area contributed by atoms with Gasteiger partial charge in [0.2, 0.25) is 0 Å². The highest BCUT2D eigenvalue weighted by Crippen LogP contribution is 2.24. The quantitative estimate of drug-likeness (QED) is 0.799. The van der Waals surface area contributed by atoms with Crippen LogP contribution in [0, 0.1) is 12.7 Å². The number of aromatic amines is 1. The zero-order chi connectivity index (χ0) is 12.3. The van der Waals surface area contributed by atoms with Crippen molar-refractivity contribution in [1.82, 2.24) is 10.2 Å². The number of H-pyrrole nitrogens is 1. The molecule has 0 atom stereocenters. The zero-order valence-electron chi connectivity index (χ0n) is 9.31. The van der Waals surface area contributed by atoms with Crippen LogP contribution >= 0.6 is 0 Å². The van der Waals surface area contributed by atoms with Crippen LogP contribution in [0.3, 0.4) is 0 Å². The summed E-state index contributed by atoms with van der Waals surface area (Å²) in [6, 6.07) is 5.91. The smallest absolute Gasteiger partial charge is 0.131 e. The molecule has 0 amide bonds. The number of aryl methyl sites for hydroxylation is 1. The van der Waals surface area contributed by atoms with Crippen LogP contribution in [0.4, 0.5) is 15.8 Å². The molecule has 0 aliphatic carbocycles. The maximum atomic E-state index is 12.9. The number of benzene rings is 1. The lowest BCUT2D eigenvalue weighted by Crippen LogP contribution is -1.96. The van der Waals surface area contributed by atoms with Crippen molar-refractivity contribution in [2.24, 2.45) is 16.0 Å². The first-order chi connectivity index (χ1) is 8.20. The standard InChI is InChI=1S/C11H12FN5/c1-7-11(10(6-13)16-14-7)17-15-9-4-2-3-8(12)5-9/h2-5H,6,13H2,1H3,(H,14,16). The summed E-state index contributed by atoms with van der Waals surface area (Å²) in [6.07, 6.45) is 0. The van der Waals surface area contributed by atoms with Crippen LogP contribution in [-0.2, 0) is 6.54 Å². The van der Waals surface area contributed by atoms with Crippen LogP contribution in [0.15, 0.2) is 34.5 Å². The van der Waals surface area contributed by atoms with Gasteiger partial charge in [-0.3, -0.25) is 5.10 Å². The van der Waals surface area contributed by atoms with E-state index in [1.807, 2.05) is 6.92 Å². The molecule has 1 aromatic heterocycles. The van der Waals surface area contributed by atoms with Gasteiger partial charge in [0.1, 0.15) is 17.2 Å². The van der Waals surface area contributed by atoms with Crippen LogP contribution in [0.2, 0.25) is 0 Å². The number of hydrogen-bond acceptors (Lipinski definition) is 4. The van der Waals surface area contributed by atoms with Crippen molar-refractivity contribution in [3.8, 4) is 0 Å². The fraction of sp³-hybridized carbons (Fsp3) is 0.182. The van der Waals surface area contributed by atoms with E-state index < -0.39 is 0 Å². The highest BCUT2D eigenvalue weighted by molar-refractivity contribution is 5.46. The number of nitrogens with two attached hydrogens (primary N) is 1. The van der Waals surface area contributed by atoms with Crippen molar-refractivity contribution in [2.45, 2.75) is 13.5 Å². The third-order valence-electron chi connectivity index (χ3n) is 2.25. The summed E-state index contributed by atoms with van der Waals surface area (Å²) < 4.78 is 12.9. The molecule has 2 rings (SSSR count). The van der Waals surface area contributed by atoms with Crippen LogP contribution < -0.4 is 5.73 Å². The molecule has 3 N–H and O–H groups in total. The zero-order valence-corrected chi connectivity index (χ0v) is 9.31. The van der Waals surface area contributed by atoms with Crippen molar-refractivity contribution in [3.63, 3.8) is 0 Å². The Morgan fingerprint density at radius 1 is 1.41 bits per heavy atom. The van der Waals surface area contributed by atoms with Crippen LogP contribution in [0.5, 0.6) is 0 Å². The first kappa shape index (κ1) is 11.4. The fourth-order valence-corrected chi connectivity index (χ4v) is 1.39. The molecule has 0 unspecified atom stereocenters. The average molecular weight is 233 g/mol. The molecule has 1 aromatic carbocycles. The van der Waals surface area contributed by atoms with Crippen LogP contribution in [0.25, 0.3) is 0 Å². The van der Waals surface area contributed by atoms with Gasteiger partial charge in [0.15, 0.2) is 0 Å². The minimum atomic E-state index is -0.343. The predicted molar refractivity (Wildman–Crippen MR) is 61.8 cm³/mol. The number of nitrogens with one attached hydrogen (secondary N) is 1. The summed E-state index contributed by atoms with van der Waals surface area (Å²) in [5.74, 6) is -0.343. The molecule has 17 heavy (non-hydrogen) atoms. The Hall–Kier alpha value is -2.08. The molecular weight excluding hydrogens is 221 g/mol. The van der Waals surface area contributed by atoms with Gasteiger partial charge >= 0.3 is 0 Å². The van der Waals surface area contributed by atoms with E-state index in [4.69, 9.17) is 5.73 Å². The molecule has 0 radical (unpaired) electrons. The number of rotatable bonds is 3. The molecule has 0 saturated carbocycles. The van der Waals surface area contributed by atoms with E-state index >= 15 is 0 Å². The number of aromatic nitrogens is 2. The lowest BCUT2D eigenvalue weighted by atomic mass is 10.3. The molecule has 0 aliphatic heterocycles.